The first-order valence-corrected chi connectivity index (χ1v) is 25.6. The minimum Gasteiger partial charge on any atom is -0.457 e. The minimum absolute atomic E-state index is 0.0686. The summed E-state index contributed by atoms with van der Waals surface area (Å²) in [6.45, 7) is 3.65. The highest BCUT2D eigenvalue weighted by Gasteiger charge is 2.47. The Morgan fingerprint density at radius 3 is 1.29 bits per heavy atom. The van der Waals surface area contributed by atoms with Crippen molar-refractivity contribution in [2.45, 2.75) is 274 Å². The predicted molar refractivity (Wildman–Crippen MR) is 243 cm³/mol. The lowest BCUT2D eigenvalue weighted by Gasteiger charge is -2.42. The van der Waals surface area contributed by atoms with E-state index < -0.39 is 80.7 Å². The van der Waals surface area contributed by atoms with Crippen LogP contribution < -0.4 is 0 Å². The van der Waals surface area contributed by atoms with E-state index in [4.69, 9.17) is 28.4 Å². The largest absolute Gasteiger partial charge is 0.457 e. The number of unbranched alkanes of at least 4 members (excludes halogenated alkanes) is 27. The highest BCUT2D eigenvalue weighted by molar-refractivity contribution is 5.69. The Bertz CT molecular complexity index is 1050. The third kappa shape index (κ3) is 26.2. The average molecular weight is 907 g/mol. The third-order valence-corrected chi connectivity index (χ3v) is 12.6. The summed E-state index contributed by atoms with van der Waals surface area (Å²) in [7, 11) is 0. The molecule has 2 saturated heterocycles. The molecule has 0 saturated carbocycles. The molecule has 0 bridgehead atoms. The zero-order chi connectivity index (χ0) is 45.9. The van der Waals surface area contributed by atoms with Crippen molar-refractivity contribution in [3.63, 3.8) is 0 Å². The second-order valence-corrected chi connectivity index (χ2v) is 18.4. The number of esters is 1. The Labute approximate surface area is 381 Å². The van der Waals surface area contributed by atoms with Gasteiger partial charge in [-0.05, 0) is 12.8 Å². The number of hydrogen-bond donors (Lipinski definition) is 7. The fourth-order valence-electron chi connectivity index (χ4n) is 8.40. The first kappa shape index (κ1) is 58.1. The molecule has 11 atom stereocenters. The lowest BCUT2D eigenvalue weighted by molar-refractivity contribution is -0.332. The molecule has 0 aromatic rings. The van der Waals surface area contributed by atoms with Gasteiger partial charge in [-0.25, -0.2) is 0 Å². The van der Waals surface area contributed by atoms with Gasteiger partial charge in [0.25, 0.3) is 0 Å². The number of hydrogen-bond acceptors (Lipinski definition) is 14. The molecule has 2 rings (SSSR count). The predicted octanol–water partition coefficient (Wildman–Crippen LogP) is 7.30. The first-order valence-electron chi connectivity index (χ1n) is 25.6. The second kappa shape index (κ2) is 38.0. The number of rotatable bonds is 41. The van der Waals surface area contributed by atoms with Gasteiger partial charge in [-0.2, -0.15) is 0 Å². The third-order valence-electron chi connectivity index (χ3n) is 12.6. The van der Waals surface area contributed by atoms with Gasteiger partial charge in [0.2, 0.25) is 0 Å². The topological polar surface area (TPSA) is 214 Å². The van der Waals surface area contributed by atoms with Crippen LogP contribution in [0.3, 0.4) is 0 Å². The maximum atomic E-state index is 12.8. The first-order chi connectivity index (χ1) is 30.6. The summed E-state index contributed by atoms with van der Waals surface area (Å²) in [5.41, 5.74) is 0. The van der Waals surface area contributed by atoms with Gasteiger partial charge >= 0.3 is 5.97 Å². The smallest absolute Gasteiger partial charge is 0.306 e. The zero-order valence-corrected chi connectivity index (χ0v) is 39.6. The van der Waals surface area contributed by atoms with E-state index in [0.29, 0.717) is 13.0 Å². The van der Waals surface area contributed by atoms with Crippen LogP contribution in [-0.2, 0) is 33.2 Å². The molecule has 63 heavy (non-hydrogen) atoms. The monoisotopic (exact) mass is 907 g/mol. The van der Waals surface area contributed by atoms with Crippen LogP contribution in [0.15, 0.2) is 0 Å². The normalized spacial score (nSPS) is 26.9. The van der Waals surface area contributed by atoms with Gasteiger partial charge in [-0.1, -0.05) is 187 Å². The van der Waals surface area contributed by atoms with Gasteiger partial charge in [-0.3, -0.25) is 4.79 Å². The standard InChI is InChI=1S/C49H94O14/c1-3-5-7-9-11-12-13-14-15-16-17-18-19-20-21-22-23-24-25-26-27-29-31-33-58-35-38(61-41(51)32-30-28-10-8-6-4-2)36-59-48-47(57)45(55)43(53)40(63-48)37-60-49-46(56)44(54)42(52)39(34-50)62-49/h38-40,42-50,52-57H,3-37H2,1-2H3. The number of aliphatic hydroxyl groups excluding tert-OH is 7. The van der Waals surface area contributed by atoms with Crippen LogP contribution in [-0.4, -0.2) is 142 Å². The van der Waals surface area contributed by atoms with E-state index in [1.54, 1.807) is 0 Å². The Morgan fingerprint density at radius 2 is 0.841 bits per heavy atom. The molecule has 0 amide bonds. The maximum Gasteiger partial charge on any atom is 0.306 e. The molecular weight excluding hydrogens is 813 g/mol. The molecule has 0 radical (unpaired) electrons. The van der Waals surface area contributed by atoms with Crippen LogP contribution in [0.5, 0.6) is 0 Å². The molecule has 0 aliphatic carbocycles. The molecule has 11 unspecified atom stereocenters. The lowest BCUT2D eigenvalue weighted by atomic mass is 9.98. The highest BCUT2D eigenvalue weighted by Crippen LogP contribution is 2.26. The number of carbonyl (C=O) groups is 1. The summed E-state index contributed by atoms with van der Waals surface area (Å²) in [5, 5.41) is 71.8. The summed E-state index contributed by atoms with van der Waals surface area (Å²) >= 11 is 0. The van der Waals surface area contributed by atoms with Gasteiger partial charge in [0.1, 0.15) is 54.9 Å². The van der Waals surface area contributed by atoms with Gasteiger partial charge in [-0.15, -0.1) is 0 Å². The molecular formula is C49H94O14. The molecule has 14 heteroatoms. The molecule has 0 aromatic heterocycles. The molecule has 2 aliphatic heterocycles. The fourth-order valence-corrected chi connectivity index (χ4v) is 8.40. The highest BCUT2D eigenvalue weighted by atomic mass is 16.7. The van der Waals surface area contributed by atoms with Crippen molar-refractivity contribution in [1.29, 1.82) is 0 Å². The van der Waals surface area contributed by atoms with E-state index in [1.807, 2.05) is 0 Å². The molecule has 2 aliphatic rings. The average Bonchev–Trinajstić information content (AvgIpc) is 3.28. The van der Waals surface area contributed by atoms with Gasteiger partial charge in [0.15, 0.2) is 12.6 Å². The van der Waals surface area contributed by atoms with Crippen LogP contribution in [0.1, 0.15) is 206 Å². The Balaban J connectivity index is 1.64. The zero-order valence-electron chi connectivity index (χ0n) is 39.6. The van der Waals surface area contributed by atoms with Crippen LogP contribution in [0, 0.1) is 0 Å². The van der Waals surface area contributed by atoms with Gasteiger partial charge < -0.3 is 64.2 Å². The van der Waals surface area contributed by atoms with Crippen LogP contribution >= 0.6 is 0 Å². The molecule has 14 nitrogen and oxygen atoms in total. The van der Waals surface area contributed by atoms with E-state index in [-0.39, 0.29) is 25.6 Å². The second-order valence-electron chi connectivity index (χ2n) is 18.4. The molecule has 0 aromatic carbocycles. The number of ether oxygens (including phenoxy) is 6. The molecule has 374 valence electrons. The summed E-state index contributed by atoms with van der Waals surface area (Å²) in [4.78, 5) is 12.8. The van der Waals surface area contributed by atoms with Crippen molar-refractivity contribution in [2.24, 2.45) is 0 Å². The van der Waals surface area contributed by atoms with E-state index in [0.717, 1.165) is 44.9 Å². The quantitative estimate of drug-likeness (QED) is 0.0237. The maximum absolute atomic E-state index is 12.8. The van der Waals surface area contributed by atoms with E-state index >= 15 is 0 Å². The summed E-state index contributed by atoms with van der Waals surface area (Å²) < 4.78 is 34.1. The van der Waals surface area contributed by atoms with E-state index in [9.17, 15) is 40.5 Å². The minimum atomic E-state index is -1.70. The molecule has 7 N–H and O–H groups in total. The van der Waals surface area contributed by atoms with Crippen LogP contribution in [0.4, 0.5) is 0 Å². The van der Waals surface area contributed by atoms with Crippen molar-refractivity contribution in [1.82, 2.24) is 0 Å². The van der Waals surface area contributed by atoms with Crippen LogP contribution in [0.2, 0.25) is 0 Å². The molecule has 0 spiro atoms. The van der Waals surface area contributed by atoms with E-state index in [2.05, 4.69) is 13.8 Å². The van der Waals surface area contributed by atoms with Crippen molar-refractivity contribution >= 4 is 5.97 Å². The van der Waals surface area contributed by atoms with Gasteiger partial charge in [0.05, 0.1) is 26.4 Å². The van der Waals surface area contributed by atoms with Crippen molar-refractivity contribution in [2.75, 3.05) is 33.0 Å². The van der Waals surface area contributed by atoms with Crippen molar-refractivity contribution in [3.8, 4) is 0 Å². The Kier molecular flexibility index (Phi) is 35.1. The Morgan fingerprint density at radius 1 is 0.460 bits per heavy atom. The van der Waals surface area contributed by atoms with Crippen LogP contribution in [0.25, 0.3) is 0 Å². The number of carbonyl (C=O) groups excluding carboxylic acids is 1. The summed E-state index contributed by atoms with van der Waals surface area (Å²) in [6.07, 6.45) is 20.8. The number of aliphatic hydroxyl groups is 7. The van der Waals surface area contributed by atoms with E-state index in [1.165, 1.54) is 135 Å². The van der Waals surface area contributed by atoms with Crippen molar-refractivity contribution < 1.29 is 69.0 Å². The SMILES string of the molecule is CCCCCCCCCCCCCCCCCCCCCCCCCOCC(COC1OC(COC2OC(CO)C(O)C(O)C2O)C(O)C(O)C1O)OC(=O)CCCCCCCC. The van der Waals surface area contributed by atoms with Gasteiger partial charge in [0, 0.05) is 13.0 Å². The summed E-state index contributed by atoms with van der Waals surface area (Å²) in [6, 6.07) is 0. The molecule has 2 heterocycles. The lowest BCUT2D eigenvalue weighted by Crippen LogP contribution is -2.61. The fraction of sp³-hybridized carbons (Fsp3) is 0.980. The summed E-state index contributed by atoms with van der Waals surface area (Å²) in [5.74, 6) is -0.381. The Hall–Kier alpha value is -1.01. The molecule has 2 fully saturated rings. The van der Waals surface area contributed by atoms with Crippen molar-refractivity contribution in [3.05, 3.63) is 0 Å².